The average Bonchev–Trinajstić information content (AvgIpc) is 3.08. The molecule has 1 heterocycles. The number of fused-ring (bicyclic) bond motifs is 1. The van der Waals surface area contributed by atoms with Gasteiger partial charge in [-0.3, -0.25) is 0 Å². The van der Waals surface area contributed by atoms with Crippen molar-refractivity contribution in [3.8, 4) is 0 Å². The summed E-state index contributed by atoms with van der Waals surface area (Å²) in [5.74, 6) is 0.638. The van der Waals surface area contributed by atoms with Gasteiger partial charge >= 0.3 is 0 Å². The Morgan fingerprint density at radius 3 is 2.88 bits per heavy atom. The molecule has 2 N–H and O–H groups in total. The Morgan fingerprint density at radius 2 is 2.00 bits per heavy atom. The molecular weight excluding hydrogens is 387 g/mol. The Bertz CT molecular complexity index is 825. The Morgan fingerprint density at radius 1 is 1.15 bits per heavy atom. The van der Waals surface area contributed by atoms with Crippen LogP contribution in [0.4, 0.5) is 5.95 Å². The molecule has 0 saturated heterocycles. The standard InChI is InChI=1S/C19H20Cl2N4S/c20-17-11-22-19(23-13-5-3-6-14(10-13)25-26-21)24-18(17)16-9-8-12-4-1-2-7-15(12)16/h1-2,4,7,9,11,13-14,25H,3,5-6,8,10H2,(H,22,23,24)/t13-,14+/m1/s1. The minimum atomic E-state index is 0.337. The molecule has 1 aromatic carbocycles. The molecule has 1 aromatic heterocycles. The summed E-state index contributed by atoms with van der Waals surface area (Å²) >= 11 is 7.60. The fraction of sp³-hybridized carbons (Fsp3) is 0.368. The molecule has 0 aliphatic heterocycles. The van der Waals surface area contributed by atoms with Crippen molar-refractivity contribution < 1.29 is 0 Å². The predicted octanol–water partition coefficient (Wildman–Crippen LogP) is 5.23. The lowest BCUT2D eigenvalue weighted by Crippen LogP contribution is -2.36. The zero-order valence-electron chi connectivity index (χ0n) is 14.2. The first-order chi connectivity index (χ1) is 12.7. The molecule has 0 amide bonds. The first-order valence-corrected chi connectivity index (χ1v) is 10.9. The van der Waals surface area contributed by atoms with Gasteiger partial charge in [-0.25, -0.2) is 14.7 Å². The van der Waals surface area contributed by atoms with Crippen LogP contribution >= 0.6 is 33.4 Å². The number of rotatable bonds is 5. The van der Waals surface area contributed by atoms with E-state index < -0.39 is 0 Å². The topological polar surface area (TPSA) is 49.8 Å². The lowest BCUT2D eigenvalue weighted by atomic mass is 9.92. The van der Waals surface area contributed by atoms with Crippen LogP contribution in [0.1, 0.15) is 42.5 Å². The third kappa shape index (κ3) is 3.86. The van der Waals surface area contributed by atoms with E-state index in [0.717, 1.165) is 43.4 Å². The Hall–Kier alpha value is -1.27. The number of halogens is 2. The highest BCUT2D eigenvalue weighted by molar-refractivity contribution is 8.19. The summed E-state index contributed by atoms with van der Waals surface area (Å²) in [6.45, 7) is 0. The van der Waals surface area contributed by atoms with Gasteiger partial charge in [0, 0.05) is 28.8 Å². The summed E-state index contributed by atoms with van der Waals surface area (Å²) in [4.78, 5) is 9.14. The van der Waals surface area contributed by atoms with Crippen LogP contribution in [0, 0.1) is 0 Å². The molecule has 26 heavy (non-hydrogen) atoms. The normalized spacial score (nSPS) is 22.0. The number of benzene rings is 1. The molecule has 4 nitrogen and oxygen atoms in total. The van der Waals surface area contributed by atoms with Gasteiger partial charge in [-0.1, -0.05) is 41.9 Å². The fourth-order valence-corrected chi connectivity index (χ4v) is 4.72. The zero-order valence-corrected chi connectivity index (χ0v) is 16.5. The number of nitrogens with zero attached hydrogens (tertiary/aromatic N) is 2. The van der Waals surface area contributed by atoms with Crippen molar-refractivity contribution in [1.82, 2.24) is 14.7 Å². The highest BCUT2D eigenvalue weighted by Crippen LogP contribution is 2.35. The van der Waals surface area contributed by atoms with Crippen LogP contribution in [0.15, 0.2) is 36.5 Å². The first-order valence-electron chi connectivity index (χ1n) is 8.85. The molecule has 7 heteroatoms. The minimum Gasteiger partial charge on any atom is -0.351 e. The molecule has 2 atom stereocenters. The fourth-order valence-electron chi connectivity index (χ4n) is 3.81. The molecule has 2 aliphatic rings. The summed E-state index contributed by atoms with van der Waals surface area (Å²) in [6, 6.07) is 9.15. The van der Waals surface area contributed by atoms with E-state index in [-0.39, 0.29) is 0 Å². The number of allylic oxidation sites excluding steroid dienone is 1. The molecule has 2 aliphatic carbocycles. The van der Waals surface area contributed by atoms with Crippen LogP contribution in [0.2, 0.25) is 5.02 Å². The van der Waals surface area contributed by atoms with E-state index in [2.05, 4.69) is 45.4 Å². The summed E-state index contributed by atoms with van der Waals surface area (Å²) in [7, 11) is 5.73. The van der Waals surface area contributed by atoms with E-state index in [1.165, 1.54) is 22.3 Å². The van der Waals surface area contributed by atoms with Crippen LogP contribution in [-0.4, -0.2) is 22.1 Å². The molecule has 2 aromatic rings. The lowest BCUT2D eigenvalue weighted by Gasteiger charge is -2.29. The van der Waals surface area contributed by atoms with Gasteiger partial charge in [0.1, 0.15) is 0 Å². The van der Waals surface area contributed by atoms with E-state index in [0.29, 0.717) is 23.1 Å². The van der Waals surface area contributed by atoms with Crippen LogP contribution in [0.3, 0.4) is 0 Å². The van der Waals surface area contributed by atoms with Crippen molar-refractivity contribution >= 4 is 45.0 Å². The monoisotopic (exact) mass is 406 g/mol. The van der Waals surface area contributed by atoms with Crippen LogP contribution in [-0.2, 0) is 6.42 Å². The molecule has 0 unspecified atom stereocenters. The highest BCUT2D eigenvalue weighted by atomic mass is 35.7. The van der Waals surface area contributed by atoms with Crippen LogP contribution in [0.25, 0.3) is 5.57 Å². The molecule has 1 fully saturated rings. The number of nitrogens with one attached hydrogen (secondary N) is 2. The van der Waals surface area contributed by atoms with E-state index in [1.54, 1.807) is 6.20 Å². The molecule has 4 rings (SSSR count). The molecule has 1 saturated carbocycles. The van der Waals surface area contributed by atoms with Crippen molar-refractivity contribution in [2.75, 3.05) is 5.32 Å². The Kier molecular flexibility index (Phi) is 5.69. The van der Waals surface area contributed by atoms with Gasteiger partial charge in [-0.2, -0.15) is 0 Å². The molecule has 0 radical (unpaired) electrons. The minimum absolute atomic E-state index is 0.337. The van der Waals surface area contributed by atoms with Crippen molar-refractivity contribution in [2.45, 2.75) is 44.2 Å². The van der Waals surface area contributed by atoms with Crippen molar-refractivity contribution in [3.63, 3.8) is 0 Å². The van der Waals surface area contributed by atoms with Crippen LogP contribution in [0.5, 0.6) is 0 Å². The van der Waals surface area contributed by atoms with Gasteiger partial charge in [0.2, 0.25) is 5.95 Å². The van der Waals surface area contributed by atoms with Gasteiger partial charge in [-0.15, -0.1) is 0 Å². The second-order valence-corrected chi connectivity index (χ2v) is 8.03. The Balaban J connectivity index is 1.54. The average molecular weight is 407 g/mol. The second-order valence-electron chi connectivity index (χ2n) is 6.77. The van der Waals surface area contributed by atoms with Gasteiger partial charge in [0.05, 0.1) is 16.9 Å². The molecular formula is C19H20Cl2N4S. The summed E-state index contributed by atoms with van der Waals surface area (Å²) in [5, 5.41) is 4.07. The SMILES string of the molecule is ClSN[C@H]1CCC[C@@H](Nc2ncc(Cl)c(C3=CCc4ccccc43)n2)C1. The first kappa shape index (κ1) is 18.1. The second kappa shape index (κ2) is 8.17. The molecule has 0 spiro atoms. The molecule has 0 bridgehead atoms. The maximum Gasteiger partial charge on any atom is 0.223 e. The van der Waals surface area contributed by atoms with E-state index in [9.17, 15) is 0 Å². The van der Waals surface area contributed by atoms with E-state index in [4.69, 9.17) is 27.3 Å². The largest absolute Gasteiger partial charge is 0.351 e. The van der Waals surface area contributed by atoms with Crippen LogP contribution < -0.4 is 10.0 Å². The number of hydrogen-bond acceptors (Lipinski definition) is 5. The third-order valence-electron chi connectivity index (χ3n) is 5.05. The van der Waals surface area contributed by atoms with E-state index >= 15 is 0 Å². The van der Waals surface area contributed by atoms with Crippen molar-refractivity contribution in [1.29, 1.82) is 0 Å². The smallest absolute Gasteiger partial charge is 0.223 e. The molecule has 136 valence electrons. The predicted molar refractivity (Wildman–Crippen MR) is 111 cm³/mol. The lowest BCUT2D eigenvalue weighted by molar-refractivity contribution is 0.393. The van der Waals surface area contributed by atoms with Crippen molar-refractivity contribution in [3.05, 3.63) is 58.4 Å². The quantitative estimate of drug-likeness (QED) is 0.665. The van der Waals surface area contributed by atoms with Gasteiger partial charge in [-0.05, 0) is 53.9 Å². The van der Waals surface area contributed by atoms with E-state index in [1.807, 2.05) is 0 Å². The Labute approximate surface area is 167 Å². The van der Waals surface area contributed by atoms with Crippen molar-refractivity contribution in [2.24, 2.45) is 0 Å². The maximum atomic E-state index is 6.43. The zero-order chi connectivity index (χ0) is 17.9. The maximum absolute atomic E-state index is 6.43. The third-order valence-corrected chi connectivity index (χ3v) is 6.02. The highest BCUT2D eigenvalue weighted by Gasteiger charge is 2.24. The summed E-state index contributed by atoms with van der Waals surface area (Å²) in [5.41, 5.74) is 4.42. The summed E-state index contributed by atoms with van der Waals surface area (Å²) < 4.78 is 3.25. The van der Waals surface area contributed by atoms with Gasteiger partial charge in [0.25, 0.3) is 0 Å². The number of anilines is 1. The number of hydrogen-bond donors (Lipinski definition) is 2. The van der Waals surface area contributed by atoms with Gasteiger partial charge < -0.3 is 5.32 Å². The summed E-state index contributed by atoms with van der Waals surface area (Å²) in [6.07, 6.45) is 9.23. The van der Waals surface area contributed by atoms with Gasteiger partial charge in [0.15, 0.2) is 0 Å². The number of aromatic nitrogens is 2.